The van der Waals surface area contributed by atoms with E-state index in [1.54, 1.807) is 0 Å². The Labute approximate surface area is 94.0 Å². The minimum atomic E-state index is 0.511. The van der Waals surface area contributed by atoms with E-state index in [9.17, 15) is 0 Å². The summed E-state index contributed by atoms with van der Waals surface area (Å²) in [6, 6.07) is 0. The molecule has 1 aliphatic heterocycles. The van der Waals surface area contributed by atoms with Crippen molar-refractivity contribution in [1.82, 2.24) is 15.5 Å². The summed E-state index contributed by atoms with van der Waals surface area (Å²) in [5, 5.41) is 8.48. The topological polar surface area (TPSA) is 51.0 Å². The molecule has 2 aromatic rings. The molecule has 0 amide bonds. The van der Waals surface area contributed by atoms with Crippen LogP contribution in [0, 0.1) is 6.92 Å². The minimum absolute atomic E-state index is 0.511. The van der Waals surface area contributed by atoms with E-state index in [1.165, 1.54) is 18.4 Å². The molecular formula is C12H15N3O. The predicted molar refractivity (Wildman–Crippen MR) is 61.4 cm³/mol. The summed E-state index contributed by atoms with van der Waals surface area (Å²) < 4.78 is 5.42. The van der Waals surface area contributed by atoms with Crippen LogP contribution in [0.2, 0.25) is 0 Å². The van der Waals surface area contributed by atoms with E-state index in [-0.39, 0.29) is 0 Å². The lowest BCUT2D eigenvalue weighted by molar-refractivity contribution is 0.430. The van der Waals surface area contributed by atoms with Crippen LogP contribution in [-0.4, -0.2) is 23.2 Å². The summed E-state index contributed by atoms with van der Waals surface area (Å²) in [6.45, 7) is 4.09. The lowest BCUT2D eigenvalue weighted by Crippen LogP contribution is -2.28. The zero-order valence-electron chi connectivity index (χ0n) is 9.36. The predicted octanol–water partition coefficient (Wildman–Crippen LogP) is 2.00. The smallest absolute Gasteiger partial charge is 0.173 e. The average molecular weight is 217 g/mol. The van der Waals surface area contributed by atoms with E-state index in [0.717, 1.165) is 29.8 Å². The zero-order valence-corrected chi connectivity index (χ0v) is 9.36. The molecular weight excluding hydrogens is 202 g/mol. The van der Waals surface area contributed by atoms with Crippen LogP contribution < -0.4 is 5.32 Å². The summed E-state index contributed by atoms with van der Waals surface area (Å²) in [6.07, 6.45) is 6.17. The second kappa shape index (κ2) is 3.87. The highest BCUT2D eigenvalue weighted by atomic mass is 16.5. The van der Waals surface area contributed by atoms with Crippen LogP contribution in [0.1, 0.15) is 30.0 Å². The molecule has 4 nitrogen and oxygen atoms in total. The van der Waals surface area contributed by atoms with Crippen LogP contribution in [0.25, 0.3) is 11.0 Å². The Morgan fingerprint density at radius 2 is 2.38 bits per heavy atom. The first kappa shape index (κ1) is 9.78. The maximum atomic E-state index is 5.42. The summed E-state index contributed by atoms with van der Waals surface area (Å²) in [4.78, 5) is 4.29. The molecule has 0 spiro atoms. The fraction of sp³-hybridized carbons (Fsp3) is 0.500. The van der Waals surface area contributed by atoms with Gasteiger partial charge in [-0.1, -0.05) is 5.16 Å². The number of rotatable bonds is 1. The molecule has 3 heterocycles. The number of hydrogen-bond donors (Lipinski definition) is 1. The Kier molecular flexibility index (Phi) is 2.36. The van der Waals surface area contributed by atoms with Crippen molar-refractivity contribution in [2.75, 3.05) is 13.1 Å². The van der Waals surface area contributed by atoms with E-state index in [4.69, 9.17) is 4.52 Å². The second-order valence-electron chi connectivity index (χ2n) is 4.42. The molecule has 84 valence electrons. The van der Waals surface area contributed by atoms with Crippen molar-refractivity contribution in [2.24, 2.45) is 0 Å². The Balaban J connectivity index is 2.08. The van der Waals surface area contributed by atoms with Crippen LogP contribution in [0.3, 0.4) is 0 Å². The normalized spacial score (nSPS) is 21.4. The number of hydrogen-bond acceptors (Lipinski definition) is 4. The highest BCUT2D eigenvalue weighted by Crippen LogP contribution is 2.30. The van der Waals surface area contributed by atoms with Gasteiger partial charge in [-0.2, -0.15) is 0 Å². The van der Waals surface area contributed by atoms with Crippen molar-refractivity contribution in [2.45, 2.75) is 25.7 Å². The monoisotopic (exact) mass is 217 g/mol. The molecule has 1 saturated heterocycles. The molecule has 0 bridgehead atoms. The number of aromatic nitrogens is 2. The maximum Gasteiger partial charge on any atom is 0.173 e. The number of pyridine rings is 1. The molecule has 0 aliphatic carbocycles. The molecule has 1 aliphatic rings. The van der Waals surface area contributed by atoms with Gasteiger partial charge >= 0.3 is 0 Å². The van der Waals surface area contributed by atoms with Gasteiger partial charge in [-0.3, -0.25) is 4.98 Å². The fourth-order valence-electron chi connectivity index (χ4n) is 2.40. The van der Waals surface area contributed by atoms with Gasteiger partial charge in [-0.15, -0.1) is 0 Å². The van der Waals surface area contributed by atoms with E-state index < -0.39 is 0 Å². The largest absolute Gasteiger partial charge is 0.356 e. The molecule has 0 aromatic carbocycles. The van der Waals surface area contributed by atoms with Gasteiger partial charge in [-0.25, -0.2) is 0 Å². The van der Waals surface area contributed by atoms with Crippen molar-refractivity contribution in [3.63, 3.8) is 0 Å². The van der Waals surface area contributed by atoms with Crippen LogP contribution in [0.5, 0.6) is 0 Å². The minimum Gasteiger partial charge on any atom is -0.356 e. The molecule has 3 rings (SSSR count). The Bertz CT molecular complexity index is 500. The summed E-state index contributed by atoms with van der Waals surface area (Å²) in [5.74, 6) is 0.511. The van der Waals surface area contributed by atoms with Gasteiger partial charge in [0.15, 0.2) is 5.58 Å². The van der Waals surface area contributed by atoms with Gasteiger partial charge in [0.1, 0.15) is 0 Å². The lowest BCUT2D eigenvalue weighted by atomic mass is 9.92. The summed E-state index contributed by atoms with van der Waals surface area (Å²) >= 11 is 0. The highest BCUT2D eigenvalue weighted by Gasteiger charge is 2.20. The van der Waals surface area contributed by atoms with Crippen molar-refractivity contribution in [3.05, 3.63) is 23.7 Å². The SMILES string of the molecule is Cc1noc2c(C3CCCNC3)cncc12. The van der Waals surface area contributed by atoms with Crippen molar-refractivity contribution >= 4 is 11.0 Å². The number of fused-ring (bicyclic) bond motifs is 1. The van der Waals surface area contributed by atoms with E-state index in [2.05, 4.69) is 15.5 Å². The molecule has 4 heteroatoms. The number of nitrogens with one attached hydrogen (secondary N) is 1. The zero-order chi connectivity index (χ0) is 11.0. The van der Waals surface area contributed by atoms with Crippen molar-refractivity contribution in [1.29, 1.82) is 0 Å². The molecule has 1 atom stereocenters. The molecule has 0 saturated carbocycles. The van der Waals surface area contributed by atoms with Crippen molar-refractivity contribution < 1.29 is 4.52 Å². The number of piperidine rings is 1. The third-order valence-electron chi connectivity index (χ3n) is 3.32. The Hall–Kier alpha value is -1.42. The molecule has 1 unspecified atom stereocenters. The first-order chi connectivity index (χ1) is 7.86. The van der Waals surface area contributed by atoms with Crippen molar-refractivity contribution in [3.8, 4) is 0 Å². The first-order valence-electron chi connectivity index (χ1n) is 5.77. The van der Waals surface area contributed by atoms with Crippen LogP contribution in [0.4, 0.5) is 0 Å². The second-order valence-corrected chi connectivity index (χ2v) is 4.42. The van der Waals surface area contributed by atoms with Gasteiger partial charge in [-0.05, 0) is 26.3 Å². The third kappa shape index (κ3) is 1.50. The third-order valence-corrected chi connectivity index (χ3v) is 3.32. The summed E-state index contributed by atoms with van der Waals surface area (Å²) in [5.41, 5.74) is 3.04. The van der Waals surface area contributed by atoms with Gasteiger partial charge in [0.25, 0.3) is 0 Å². The molecule has 2 aromatic heterocycles. The summed E-state index contributed by atoms with van der Waals surface area (Å²) in [7, 11) is 0. The molecule has 1 fully saturated rings. The van der Waals surface area contributed by atoms with E-state index >= 15 is 0 Å². The standard InChI is InChI=1S/C12H15N3O/c1-8-10-6-14-7-11(12(10)16-15-8)9-3-2-4-13-5-9/h6-7,9,13H,2-5H2,1H3. The Morgan fingerprint density at radius 3 is 3.19 bits per heavy atom. The molecule has 0 radical (unpaired) electrons. The fourth-order valence-corrected chi connectivity index (χ4v) is 2.40. The van der Waals surface area contributed by atoms with Crippen LogP contribution in [-0.2, 0) is 0 Å². The van der Waals surface area contributed by atoms with E-state index in [1.807, 2.05) is 19.3 Å². The Morgan fingerprint density at radius 1 is 1.44 bits per heavy atom. The van der Waals surface area contributed by atoms with Gasteiger partial charge in [0.2, 0.25) is 0 Å². The molecule has 16 heavy (non-hydrogen) atoms. The van der Waals surface area contributed by atoms with E-state index in [0.29, 0.717) is 5.92 Å². The average Bonchev–Trinajstić information content (AvgIpc) is 2.73. The highest BCUT2D eigenvalue weighted by molar-refractivity contribution is 5.81. The number of aryl methyl sites for hydroxylation is 1. The lowest BCUT2D eigenvalue weighted by Gasteiger charge is -2.22. The first-order valence-corrected chi connectivity index (χ1v) is 5.77. The van der Waals surface area contributed by atoms with Crippen LogP contribution in [0.15, 0.2) is 16.9 Å². The molecule has 1 N–H and O–H groups in total. The van der Waals surface area contributed by atoms with Crippen LogP contribution >= 0.6 is 0 Å². The van der Waals surface area contributed by atoms with Gasteiger partial charge < -0.3 is 9.84 Å². The maximum absolute atomic E-state index is 5.42. The number of nitrogens with zero attached hydrogens (tertiary/aromatic N) is 2. The van der Waals surface area contributed by atoms with Gasteiger partial charge in [0, 0.05) is 30.4 Å². The van der Waals surface area contributed by atoms with Gasteiger partial charge in [0.05, 0.1) is 11.1 Å². The quantitative estimate of drug-likeness (QED) is 0.793.